The zero-order chi connectivity index (χ0) is 27.8. The second-order valence-corrected chi connectivity index (χ2v) is 12.2. The highest BCUT2D eigenvalue weighted by Gasteiger charge is 2.31. The van der Waals surface area contributed by atoms with E-state index in [0.717, 1.165) is 24.5 Å². The summed E-state index contributed by atoms with van der Waals surface area (Å²) in [5.74, 6) is -2.38. The Morgan fingerprint density at radius 1 is 1.08 bits per heavy atom. The van der Waals surface area contributed by atoms with Crippen molar-refractivity contribution in [3.8, 4) is 5.69 Å². The first-order valence-corrected chi connectivity index (χ1v) is 13.5. The van der Waals surface area contributed by atoms with Crippen molar-refractivity contribution < 1.29 is 30.8 Å². The highest BCUT2D eigenvalue weighted by molar-refractivity contribution is 7.89. The third-order valence-electron chi connectivity index (χ3n) is 5.80. The number of rotatable bonds is 7. The fraction of sp³-hybridized carbons (Fsp3) is 0.385. The van der Waals surface area contributed by atoms with Gasteiger partial charge in [-0.15, -0.1) is 0 Å². The lowest BCUT2D eigenvalue weighted by molar-refractivity contribution is -0.137. The molecule has 6 nitrogen and oxygen atoms in total. The number of alkyl halides is 3. The molecule has 0 aliphatic rings. The van der Waals surface area contributed by atoms with Crippen LogP contribution in [0.5, 0.6) is 0 Å². The number of hydrogen-bond donors (Lipinski definition) is 1. The third-order valence-corrected chi connectivity index (χ3v) is 6.64. The SMILES string of the molecule is CC(C(=O)NCc1cc(C(C)(C)C)nn1-c1cccc(C(F)(F)F)c1)c1ccc(CS(C)(=O)=O)c(F)c1. The van der Waals surface area contributed by atoms with E-state index < -0.39 is 50.4 Å². The van der Waals surface area contributed by atoms with Crippen LogP contribution in [0, 0.1) is 5.82 Å². The van der Waals surface area contributed by atoms with Crippen molar-refractivity contribution in [2.24, 2.45) is 0 Å². The molecule has 0 radical (unpaired) electrons. The van der Waals surface area contributed by atoms with Gasteiger partial charge in [0.1, 0.15) is 5.82 Å². The molecule has 1 unspecified atom stereocenters. The maximum Gasteiger partial charge on any atom is 0.416 e. The van der Waals surface area contributed by atoms with Gasteiger partial charge in [0.2, 0.25) is 5.91 Å². The maximum absolute atomic E-state index is 14.4. The molecule has 11 heteroatoms. The predicted molar refractivity (Wildman–Crippen MR) is 132 cm³/mol. The van der Waals surface area contributed by atoms with Gasteiger partial charge in [0.25, 0.3) is 0 Å². The quantitative estimate of drug-likeness (QED) is 0.414. The van der Waals surface area contributed by atoms with Crippen LogP contribution in [0.4, 0.5) is 17.6 Å². The zero-order valence-corrected chi connectivity index (χ0v) is 22.0. The molecule has 1 heterocycles. The molecule has 1 N–H and O–H groups in total. The number of carbonyl (C=O) groups excluding carboxylic acids is 1. The first-order valence-electron chi connectivity index (χ1n) is 11.5. The average molecular weight is 540 g/mol. The molecular weight excluding hydrogens is 510 g/mol. The van der Waals surface area contributed by atoms with Gasteiger partial charge in [0.05, 0.1) is 40.9 Å². The van der Waals surface area contributed by atoms with Crippen LogP contribution < -0.4 is 5.32 Å². The normalized spacial score (nSPS) is 13.4. The molecule has 0 fully saturated rings. The van der Waals surface area contributed by atoms with Crippen LogP contribution in [0.25, 0.3) is 5.69 Å². The summed E-state index contributed by atoms with van der Waals surface area (Å²) < 4.78 is 78.6. The van der Waals surface area contributed by atoms with Gasteiger partial charge >= 0.3 is 6.18 Å². The van der Waals surface area contributed by atoms with Crippen molar-refractivity contribution >= 4 is 15.7 Å². The first kappa shape index (κ1) is 28.4. The van der Waals surface area contributed by atoms with Crippen LogP contribution in [0.2, 0.25) is 0 Å². The maximum atomic E-state index is 14.4. The molecular formula is C26H29F4N3O3S. The minimum Gasteiger partial charge on any atom is -0.350 e. The standard InChI is InChI=1S/C26H29F4N3O3S/c1-16(17-9-10-18(22(27)11-17)15-37(5,35)36)24(34)31-14-21-13-23(25(2,3)4)32-33(21)20-8-6-7-19(12-20)26(28,29)30/h6-13,16H,14-15H2,1-5H3,(H,31,34). The molecule has 0 saturated heterocycles. The van der Waals surface area contributed by atoms with Crippen molar-refractivity contribution in [3.05, 3.63) is 82.4 Å². The lowest BCUT2D eigenvalue weighted by Gasteiger charge is -2.15. The van der Waals surface area contributed by atoms with Crippen LogP contribution in [0.3, 0.4) is 0 Å². The monoisotopic (exact) mass is 539 g/mol. The van der Waals surface area contributed by atoms with E-state index in [0.29, 0.717) is 17.0 Å². The lowest BCUT2D eigenvalue weighted by atomic mass is 9.92. The molecule has 0 bridgehead atoms. The Balaban J connectivity index is 1.85. The highest BCUT2D eigenvalue weighted by Crippen LogP contribution is 2.31. The van der Waals surface area contributed by atoms with Crippen molar-refractivity contribution in [2.75, 3.05) is 6.26 Å². The second kappa shape index (κ2) is 10.3. The van der Waals surface area contributed by atoms with Gasteiger partial charge in [-0.2, -0.15) is 18.3 Å². The Kier molecular flexibility index (Phi) is 7.88. The molecule has 2 aromatic carbocycles. The fourth-order valence-electron chi connectivity index (χ4n) is 3.66. The Labute approximate surface area is 213 Å². The summed E-state index contributed by atoms with van der Waals surface area (Å²) in [5.41, 5.74) is 0.455. The van der Waals surface area contributed by atoms with Crippen LogP contribution in [-0.4, -0.2) is 30.4 Å². The van der Waals surface area contributed by atoms with Crippen LogP contribution in [0.15, 0.2) is 48.5 Å². The summed E-state index contributed by atoms with van der Waals surface area (Å²) in [4.78, 5) is 12.9. The summed E-state index contributed by atoms with van der Waals surface area (Å²) in [6, 6.07) is 10.5. The molecule has 200 valence electrons. The lowest BCUT2D eigenvalue weighted by Crippen LogP contribution is -2.28. The zero-order valence-electron chi connectivity index (χ0n) is 21.1. The Bertz CT molecular complexity index is 1410. The van der Waals surface area contributed by atoms with E-state index in [9.17, 15) is 30.8 Å². The van der Waals surface area contributed by atoms with E-state index in [1.807, 2.05) is 20.8 Å². The number of sulfone groups is 1. The fourth-order valence-corrected chi connectivity index (χ4v) is 4.46. The van der Waals surface area contributed by atoms with Gasteiger partial charge in [-0.1, -0.05) is 39.0 Å². The van der Waals surface area contributed by atoms with Gasteiger partial charge < -0.3 is 5.32 Å². The van der Waals surface area contributed by atoms with Gasteiger partial charge in [-0.25, -0.2) is 17.5 Å². The number of benzene rings is 2. The summed E-state index contributed by atoms with van der Waals surface area (Å²) in [6.07, 6.45) is -3.52. The summed E-state index contributed by atoms with van der Waals surface area (Å²) >= 11 is 0. The summed E-state index contributed by atoms with van der Waals surface area (Å²) in [6.45, 7) is 7.29. The minimum absolute atomic E-state index is 0.0126. The van der Waals surface area contributed by atoms with E-state index in [-0.39, 0.29) is 17.8 Å². The molecule has 1 atom stereocenters. The van der Waals surface area contributed by atoms with Gasteiger partial charge in [0.15, 0.2) is 9.84 Å². The molecule has 1 amide bonds. The number of carbonyl (C=O) groups is 1. The number of aromatic nitrogens is 2. The molecule has 37 heavy (non-hydrogen) atoms. The van der Waals surface area contributed by atoms with E-state index >= 15 is 0 Å². The number of amides is 1. The van der Waals surface area contributed by atoms with Gasteiger partial charge in [-0.05, 0) is 42.8 Å². The Morgan fingerprint density at radius 3 is 2.32 bits per heavy atom. The van der Waals surface area contributed by atoms with E-state index in [1.54, 1.807) is 13.0 Å². The van der Waals surface area contributed by atoms with Crippen molar-refractivity contribution in [1.29, 1.82) is 0 Å². The largest absolute Gasteiger partial charge is 0.416 e. The Morgan fingerprint density at radius 2 is 1.76 bits per heavy atom. The molecule has 0 saturated carbocycles. The van der Waals surface area contributed by atoms with E-state index in [1.165, 1.54) is 28.9 Å². The van der Waals surface area contributed by atoms with Crippen molar-refractivity contribution in [2.45, 2.75) is 57.5 Å². The average Bonchev–Trinajstić information content (AvgIpc) is 3.22. The van der Waals surface area contributed by atoms with Crippen LogP contribution in [-0.2, 0) is 38.5 Å². The van der Waals surface area contributed by atoms with Gasteiger partial charge in [-0.3, -0.25) is 4.79 Å². The second-order valence-electron chi connectivity index (χ2n) is 10.1. The van der Waals surface area contributed by atoms with Crippen molar-refractivity contribution in [3.63, 3.8) is 0 Å². The molecule has 0 aliphatic heterocycles. The number of nitrogens with one attached hydrogen (secondary N) is 1. The van der Waals surface area contributed by atoms with E-state index in [2.05, 4.69) is 10.4 Å². The van der Waals surface area contributed by atoms with Crippen LogP contribution in [0.1, 0.15) is 61.7 Å². The number of nitrogens with zero attached hydrogens (tertiary/aromatic N) is 2. The Hall–Kier alpha value is -3.21. The minimum atomic E-state index is -4.52. The van der Waals surface area contributed by atoms with Crippen molar-refractivity contribution in [1.82, 2.24) is 15.1 Å². The molecule has 3 aromatic rings. The summed E-state index contributed by atoms with van der Waals surface area (Å²) in [7, 11) is -3.42. The molecule has 1 aromatic heterocycles. The predicted octanol–water partition coefficient (Wildman–Crippen LogP) is 5.29. The molecule has 0 spiro atoms. The summed E-state index contributed by atoms with van der Waals surface area (Å²) in [5, 5.41) is 7.25. The van der Waals surface area contributed by atoms with Crippen LogP contribution >= 0.6 is 0 Å². The third kappa shape index (κ3) is 7.18. The first-order chi connectivity index (χ1) is 17.0. The topological polar surface area (TPSA) is 81.1 Å². The number of hydrogen-bond acceptors (Lipinski definition) is 4. The highest BCUT2D eigenvalue weighted by atomic mass is 32.2. The molecule has 3 rings (SSSR count). The van der Waals surface area contributed by atoms with E-state index in [4.69, 9.17) is 0 Å². The van der Waals surface area contributed by atoms with Gasteiger partial charge in [0, 0.05) is 17.2 Å². The smallest absolute Gasteiger partial charge is 0.350 e. The molecule has 0 aliphatic carbocycles. The number of halogens is 4.